The Morgan fingerprint density at radius 3 is 2.34 bits per heavy atom. The van der Waals surface area contributed by atoms with Gasteiger partial charge in [0.15, 0.2) is 0 Å². The molecule has 0 spiro atoms. The van der Waals surface area contributed by atoms with E-state index in [0.717, 1.165) is 12.0 Å². The number of carbonyl (C=O) groups excluding carboxylic acids is 1. The summed E-state index contributed by atoms with van der Waals surface area (Å²) in [5.41, 5.74) is 2.94. The lowest BCUT2D eigenvalue weighted by Gasteiger charge is -2.18. The van der Waals surface area contributed by atoms with Gasteiger partial charge in [-0.25, -0.2) is 12.7 Å². The summed E-state index contributed by atoms with van der Waals surface area (Å²) >= 11 is 0. The second-order valence-corrected chi connectivity index (χ2v) is 9.35. The minimum absolute atomic E-state index is 0.0505. The first-order valence-corrected chi connectivity index (χ1v) is 11.1. The van der Waals surface area contributed by atoms with Gasteiger partial charge in [-0.05, 0) is 49.1 Å². The maximum atomic E-state index is 12.5. The van der Waals surface area contributed by atoms with Crippen LogP contribution >= 0.6 is 0 Å². The van der Waals surface area contributed by atoms with Crippen molar-refractivity contribution < 1.29 is 17.9 Å². The highest BCUT2D eigenvalue weighted by Gasteiger charge is 2.20. The van der Waals surface area contributed by atoms with Crippen LogP contribution in [0.1, 0.15) is 42.5 Å². The summed E-state index contributed by atoms with van der Waals surface area (Å²) in [7, 11) is 0.961. The van der Waals surface area contributed by atoms with Gasteiger partial charge in [-0.15, -0.1) is 0 Å². The first-order chi connectivity index (χ1) is 13.7. The van der Waals surface area contributed by atoms with Gasteiger partial charge in [-0.2, -0.15) is 0 Å². The van der Waals surface area contributed by atoms with E-state index in [1.807, 2.05) is 38.1 Å². The van der Waals surface area contributed by atoms with Gasteiger partial charge in [0.25, 0.3) is 0 Å². The number of carbonyl (C=O) groups is 1. The van der Waals surface area contributed by atoms with Gasteiger partial charge in [-0.3, -0.25) is 4.79 Å². The molecule has 1 N–H and O–H groups in total. The number of hydrogen-bond donors (Lipinski definition) is 1. The summed E-state index contributed by atoms with van der Waals surface area (Å²) in [5.74, 6) is 0.487. The fraction of sp³-hybridized carbons (Fsp3) is 0.409. The van der Waals surface area contributed by atoms with Crippen LogP contribution in [0, 0.1) is 6.92 Å². The number of sulfonamides is 1. The molecule has 6 nitrogen and oxygen atoms in total. The molecule has 0 unspecified atom stereocenters. The summed E-state index contributed by atoms with van der Waals surface area (Å²) in [5, 5.41) is 3.07. The highest BCUT2D eigenvalue weighted by molar-refractivity contribution is 7.89. The summed E-state index contributed by atoms with van der Waals surface area (Å²) in [6, 6.07) is 12.8. The van der Waals surface area contributed by atoms with Gasteiger partial charge in [0.1, 0.15) is 5.75 Å². The summed E-state index contributed by atoms with van der Waals surface area (Å²) < 4.78 is 31.3. The van der Waals surface area contributed by atoms with E-state index >= 15 is 0 Å². The van der Waals surface area contributed by atoms with Crippen LogP contribution in [0.3, 0.4) is 0 Å². The molecule has 0 aliphatic rings. The van der Waals surface area contributed by atoms with Crippen molar-refractivity contribution in [3.8, 4) is 5.75 Å². The molecule has 0 aromatic heterocycles. The molecule has 0 saturated carbocycles. The molecule has 2 aromatic rings. The van der Waals surface area contributed by atoms with E-state index in [9.17, 15) is 13.2 Å². The highest BCUT2D eigenvalue weighted by Crippen LogP contribution is 2.25. The molecule has 2 rings (SSSR count). The maximum absolute atomic E-state index is 12.5. The van der Waals surface area contributed by atoms with Gasteiger partial charge in [0.05, 0.1) is 18.0 Å². The first kappa shape index (κ1) is 22.9. The molecular weight excluding hydrogens is 388 g/mol. The van der Waals surface area contributed by atoms with E-state index in [2.05, 4.69) is 5.32 Å². The van der Waals surface area contributed by atoms with Crippen LogP contribution in [0.4, 0.5) is 0 Å². The Kier molecular flexibility index (Phi) is 7.81. The zero-order chi connectivity index (χ0) is 21.6. The Labute approximate surface area is 173 Å². The van der Waals surface area contributed by atoms with Crippen molar-refractivity contribution in [3.05, 3.63) is 59.2 Å². The summed E-state index contributed by atoms with van der Waals surface area (Å²) in [6.07, 6.45) is 1.41. The number of hydrogen-bond acceptors (Lipinski definition) is 4. The molecule has 158 valence electrons. The molecule has 0 saturated heterocycles. The van der Waals surface area contributed by atoms with Crippen molar-refractivity contribution >= 4 is 15.9 Å². The molecule has 29 heavy (non-hydrogen) atoms. The van der Waals surface area contributed by atoms with Crippen molar-refractivity contribution in [1.29, 1.82) is 0 Å². The number of amides is 1. The fourth-order valence-corrected chi connectivity index (χ4v) is 4.01. The van der Waals surface area contributed by atoms with Crippen molar-refractivity contribution in [2.45, 2.75) is 44.0 Å². The minimum atomic E-state index is -3.55. The molecule has 0 aliphatic heterocycles. The van der Waals surface area contributed by atoms with Crippen LogP contribution in [0.25, 0.3) is 0 Å². The van der Waals surface area contributed by atoms with Gasteiger partial charge in [0, 0.05) is 20.5 Å². The Bertz CT molecular complexity index is 938. The highest BCUT2D eigenvalue weighted by atomic mass is 32.2. The number of ether oxygens (including phenoxy) is 1. The molecule has 0 fully saturated rings. The Hall–Kier alpha value is -2.38. The van der Waals surface area contributed by atoms with Crippen LogP contribution in [-0.4, -0.2) is 39.8 Å². The Balaban J connectivity index is 2.11. The van der Waals surface area contributed by atoms with Gasteiger partial charge < -0.3 is 10.1 Å². The number of rotatable bonds is 9. The average molecular weight is 419 g/mol. The van der Waals surface area contributed by atoms with E-state index in [4.69, 9.17) is 4.74 Å². The lowest BCUT2D eigenvalue weighted by molar-refractivity contribution is -0.121. The largest absolute Gasteiger partial charge is 0.496 e. The van der Waals surface area contributed by atoms with Gasteiger partial charge in [-0.1, -0.05) is 36.8 Å². The molecule has 0 aliphatic carbocycles. The monoisotopic (exact) mass is 418 g/mol. The van der Waals surface area contributed by atoms with Crippen molar-refractivity contribution in [2.24, 2.45) is 0 Å². The van der Waals surface area contributed by atoms with Crippen LogP contribution in [0.2, 0.25) is 0 Å². The van der Waals surface area contributed by atoms with Crippen LogP contribution in [-0.2, 0) is 21.2 Å². The molecule has 0 bridgehead atoms. The first-order valence-electron chi connectivity index (χ1n) is 9.64. The van der Waals surface area contributed by atoms with Crippen LogP contribution in [0.5, 0.6) is 5.75 Å². The van der Waals surface area contributed by atoms with E-state index in [1.54, 1.807) is 12.1 Å². The third-order valence-electron chi connectivity index (χ3n) is 4.88. The topological polar surface area (TPSA) is 75.7 Å². The second-order valence-electron chi connectivity index (χ2n) is 7.20. The Morgan fingerprint density at radius 2 is 1.79 bits per heavy atom. The summed E-state index contributed by atoms with van der Waals surface area (Å²) in [4.78, 5) is 12.7. The van der Waals surface area contributed by atoms with Crippen LogP contribution < -0.4 is 10.1 Å². The van der Waals surface area contributed by atoms with E-state index in [1.165, 1.54) is 37.1 Å². The Morgan fingerprint density at radius 1 is 1.14 bits per heavy atom. The standard InChI is InChI=1S/C22H30N2O4S/c1-6-20(17-9-7-16(2)8-10-17)23-22(25)14-11-18-15-19(12-13-21(18)28-5)29(26,27)24(3)4/h7-10,12-13,15,20H,6,11,14H2,1-5H3,(H,23,25)/t20-/m0/s1. The molecule has 7 heteroatoms. The molecule has 1 atom stereocenters. The lowest BCUT2D eigenvalue weighted by atomic mass is 10.0. The van der Waals surface area contributed by atoms with E-state index < -0.39 is 10.0 Å². The smallest absolute Gasteiger partial charge is 0.242 e. The zero-order valence-electron chi connectivity index (χ0n) is 17.7. The van der Waals surface area contributed by atoms with Crippen LogP contribution in [0.15, 0.2) is 47.4 Å². The predicted molar refractivity (Wildman–Crippen MR) is 115 cm³/mol. The third-order valence-corrected chi connectivity index (χ3v) is 6.69. The fourth-order valence-electron chi connectivity index (χ4n) is 3.06. The molecular formula is C22H30N2O4S. The quantitative estimate of drug-likeness (QED) is 0.677. The van der Waals surface area contributed by atoms with Crippen molar-refractivity contribution in [1.82, 2.24) is 9.62 Å². The number of aryl methyl sites for hydroxylation is 2. The third kappa shape index (κ3) is 5.81. The van der Waals surface area contributed by atoms with E-state index in [0.29, 0.717) is 17.7 Å². The SMILES string of the molecule is CC[C@H](NC(=O)CCc1cc(S(=O)(=O)N(C)C)ccc1OC)c1ccc(C)cc1. The lowest BCUT2D eigenvalue weighted by Crippen LogP contribution is -2.28. The number of benzene rings is 2. The number of nitrogens with one attached hydrogen (secondary N) is 1. The number of nitrogens with zero attached hydrogens (tertiary/aromatic N) is 1. The molecule has 0 heterocycles. The number of methoxy groups -OCH3 is 1. The summed E-state index contributed by atoms with van der Waals surface area (Å²) in [6.45, 7) is 4.06. The van der Waals surface area contributed by atoms with E-state index in [-0.39, 0.29) is 23.3 Å². The maximum Gasteiger partial charge on any atom is 0.242 e. The van der Waals surface area contributed by atoms with Gasteiger partial charge in [0.2, 0.25) is 15.9 Å². The minimum Gasteiger partial charge on any atom is -0.496 e. The average Bonchev–Trinajstić information content (AvgIpc) is 2.70. The molecule has 1 amide bonds. The van der Waals surface area contributed by atoms with Crippen molar-refractivity contribution in [2.75, 3.05) is 21.2 Å². The predicted octanol–water partition coefficient (Wildman–Crippen LogP) is 3.45. The van der Waals surface area contributed by atoms with Gasteiger partial charge >= 0.3 is 0 Å². The molecule has 2 aromatic carbocycles. The molecule has 0 radical (unpaired) electrons. The zero-order valence-corrected chi connectivity index (χ0v) is 18.5. The normalized spacial score (nSPS) is 12.6. The van der Waals surface area contributed by atoms with Crippen molar-refractivity contribution in [3.63, 3.8) is 0 Å². The second kappa shape index (κ2) is 9.89.